The van der Waals surface area contributed by atoms with E-state index in [9.17, 15) is 10.1 Å². The first-order valence-corrected chi connectivity index (χ1v) is 7.68. The van der Waals surface area contributed by atoms with Gasteiger partial charge in [0.15, 0.2) is 0 Å². The Balaban J connectivity index is 1.92. The number of likely N-dealkylation sites (tertiary alicyclic amines) is 1. The molecule has 0 radical (unpaired) electrons. The highest BCUT2D eigenvalue weighted by Crippen LogP contribution is 2.20. The van der Waals surface area contributed by atoms with Crippen molar-refractivity contribution in [3.05, 3.63) is 27.9 Å². The molecule has 0 aliphatic carbocycles. The Morgan fingerprint density at radius 2 is 2.23 bits per heavy atom. The molecule has 2 heterocycles. The average Bonchev–Trinajstić information content (AvgIpc) is 2.54. The standard InChI is InChI=1S/C15H21N5O2/c1-2-3-8-19-9-6-12(7-10-19)17-15-5-4-14(20(21)22)13(11-16)18-15/h4-5,12H,2-3,6-10H2,1H3,(H,17,18). The predicted molar refractivity (Wildman–Crippen MR) is 83.6 cm³/mol. The minimum atomic E-state index is -0.582. The van der Waals surface area contributed by atoms with E-state index in [1.807, 2.05) is 0 Å². The van der Waals surface area contributed by atoms with Crippen molar-refractivity contribution in [1.29, 1.82) is 5.26 Å². The molecule has 0 bridgehead atoms. The molecule has 118 valence electrons. The van der Waals surface area contributed by atoms with Crippen LogP contribution in [0.25, 0.3) is 0 Å². The second-order valence-electron chi connectivity index (χ2n) is 5.55. The first-order chi connectivity index (χ1) is 10.6. The first-order valence-electron chi connectivity index (χ1n) is 7.68. The maximum atomic E-state index is 10.8. The highest BCUT2D eigenvalue weighted by atomic mass is 16.6. The number of nitro groups is 1. The molecule has 0 saturated carbocycles. The average molecular weight is 303 g/mol. The Labute approximate surface area is 130 Å². The quantitative estimate of drug-likeness (QED) is 0.641. The van der Waals surface area contributed by atoms with E-state index in [0.717, 1.165) is 32.5 Å². The van der Waals surface area contributed by atoms with Crippen molar-refractivity contribution in [2.24, 2.45) is 0 Å². The molecule has 7 nitrogen and oxygen atoms in total. The van der Waals surface area contributed by atoms with E-state index in [2.05, 4.69) is 22.1 Å². The third kappa shape index (κ3) is 4.15. The molecular formula is C15H21N5O2. The summed E-state index contributed by atoms with van der Waals surface area (Å²) in [5.41, 5.74) is -0.391. The van der Waals surface area contributed by atoms with Gasteiger partial charge in [-0.2, -0.15) is 5.26 Å². The lowest BCUT2D eigenvalue weighted by Crippen LogP contribution is -2.39. The zero-order valence-electron chi connectivity index (χ0n) is 12.8. The normalized spacial score (nSPS) is 16.2. The number of anilines is 1. The van der Waals surface area contributed by atoms with Gasteiger partial charge in [-0.25, -0.2) is 4.98 Å². The number of hydrogen-bond acceptors (Lipinski definition) is 6. The van der Waals surface area contributed by atoms with Gasteiger partial charge in [-0.15, -0.1) is 0 Å². The van der Waals surface area contributed by atoms with Crippen LogP contribution in [-0.2, 0) is 0 Å². The van der Waals surface area contributed by atoms with Gasteiger partial charge in [-0.3, -0.25) is 10.1 Å². The topological polar surface area (TPSA) is 95.1 Å². The zero-order valence-corrected chi connectivity index (χ0v) is 12.8. The molecule has 1 aliphatic heterocycles. The van der Waals surface area contributed by atoms with E-state index in [0.29, 0.717) is 11.9 Å². The number of rotatable bonds is 6. The smallest absolute Gasteiger partial charge is 0.305 e. The molecule has 1 aliphatic rings. The van der Waals surface area contributed by atoms with Crippen LogP contribution in [0.5, 0.6) is 0 Å². The molecule has 0 unspecified atom stereocenters. The van der Waals surface area contributed by atoms with Crippen molar-refractivity contribution in [3.8, 4) is 6.07 Å². The summed E-state index contributed by atoms with van der Waals surface area (Å²) in [5.74, 6) is 0.536. The van der Waals surface area contributed by atoms with Crippen LogP contribution in [0.1, 0.15) is 38.3 Å². The number of hydrogen-bond donors (Lipinski definition) is 1. The van der Waals surface area contributed by atoms with Crippen LogP contribution < -0.4 is 5.32 Å². The van der Waals surface area contributed by atoms with Gasteiger partial charge >= 0.3 is 5.69 Å². The van der Waals surface area contributed by atoms with Crippen LogP contribution in [0.15, 0.2) is 12.1 Å². The molecule has 1 aromatic rings. The molecule has 1 fully saturated rings. The fourth-order valence-corrected chi connectivity index (χ4v) is 2.65. The molecule has 22 heavy (non-hydrogen) atoms. The van der Waals surface area contributed by atoms with Crippen LogP contribution in [-0.4, -0.2) is 40.5 Å². The van der Waals surface area contributed by atoms with Gasteiger partial charge in [0.1, 0.15) is 11.9 Å². The lowest BCUT2D eigenvalue weighted by Gasteiger charge is -2.32. The van der Waals surface area contributed by atoms with Crippen LogP contribution in [0.2, 0.25) is 0 Å². The van der Waals surface area contributed by atoms with E-state index < -0.39 is 4.92 Å². The van der Waals surface area contributed by atoms with E-state index in [-0.39, 0.29) is 11.4 Å². The van der Waals surface area contributed by atoms with Gasteiger partial charge in [0, 0.05) is 25.2 Å². The number of nitrogens with zero attached hydrogens (tertiary/aromatic N) is 4. The van der Waals surface area contributed by atoms with E-state index in [4.69, 9.17) is 5.26 Å². The van der Waals surface area contributed by atoms with Gasteiger partial charge in [-0.05, 0) is 31.9 Å². The molecule has 0 aromatic carbocycles. The molecule has 7 heteroatoms. The van der Waals surface area contributed by atoms with Crippen molar-refractivity contribution in [1.82, 2.24) is 9.88 Å². The number of nitrogens with one attached hydrogen (secondary N) is 1. The van der Waals surface area contributed by atoms with Crippen LogP contribution in [0, 0.1) is 21.4 Å². The summed E-state index contributed by atoms with van der Waals surface area (Å²) < 4.78 is 0. The molecule has 1 aromatic heterocycles. The minimum absolute atomic E-state index is 0.143. The van der Waals surface area contributed by atoms with Crippen LogP contribution in [0.4, 0.5) is 11.5 Å². The largest absolute Gasteiger partial charge is 0.367 e. The predicted octanol–water partition coefficient (Wildman–Crippen LogP) is 2.54. The zero-order chi connectivity index (χ0) is 15.9. The Morgan fingerprint density at radius 3 is 2.82 bits per heavy atom. The summed E-state index contributed by atoms with van der Waals surface area (Å²) in [6.45, 7) is 5.45. The molecule has 1 saturated heterocycles. The monoisotopic (exact) mass is 303 g/mol. The van der Waals surface area contributed by atoms with E-state index in [1.54, 1.807) is 12.1 Å². The molecule has 0 atom stereocenters. The summed E-state index contributed by atoms with van der Waals surface area (Å²) in [6, 6.07) is 5.00. The van der Waals surface area contributed by atoms with Crippen molar-refractivity contribution in [2.45, 2.75) is 38.6 Å². The number of piperidine rings is 1. The lowest BCUT2D eigenvalue weighted by atomic mass is 10.0. The SMILES string of the molecule is CCCCN1CCC(Nc2ccc([N+](=O)[O-])c(C#N)n2)CC1. The molecule has 0 spiro atoms. The Morgan fingerprint density at radius 1 is 1.50 bits per heavy atom. The van der Waals surface area contributed by atoms with Crippen LogP contribution in [0.3, 0.4) is 0 Å². The lowest BCUT2D eigenvalue weighted by molar-refractivity contribution is -0.385. The van der Waals surface area contributed by atoms with Crippen molar-refractivity contribution >= 4 is 11.5 Å². The second-order valence-corrected chi connectivity index (χ2v) is 5.55. The number of unbranched alkanes of at least 4 members (excludes halogenated alkanes) is 1. The van der Waals surface area contributed by atoms with Gasteiger partial charge in [0.25, 0.3) is 0 Å². The molecule has 2 rings (SSSR count). The summed E-state index contributed by atoms with van der Waals surface area (Å²) in [7, 11) is 0. The number of aromatic nitrogens is 1. The summed E-state index contributed by atoms with van der Waals surface area (Å²) in [4.78, 5) is 16.7. The number of nitriles is 1. The molecular weight excluding hydrogens is 282 g/mol. The van der Waals surface area contributed by atoms with E-state index >= 15 is 0 Å². The fraction of sp³-hybridized carbons (Fsp3) is 0.600. The fourth-order valence-electron chi connectivity index (χ4n) is 2.65. The summed E-state index contributed by atoms with van der Waals surface area (Å²) in [6.07, 6.45) is 4.48. The first kappa shape index (κ1) is 16.2. The second kappa shape index (κ2) is 7.71. The maximum absolute atomic E-state index is 10.8. The summed E-state index contributed by atoms with van der Waals surface area (Å²) in [5, 5.41) is 23.0. The highest BCUT2D eigenvalue weighted by molar-refractivity contribution is 5.50. The van der Waals surface area contributed by atoms with Crippen LogP contribution >= 0.6 is 0 Å². The van der Waals surface area contributed by atoms with Crippen molar-refractivity contribution in [2.75, 3.05) is 25.0 Å². The Hall–Kier alpha value is -2.20. The third-order valence-electron chi connectivity index (χ3n) is 3.94. The maximum Gasteiger partial charge on any atom is 0.305 e. The van der Waals surface area contributed by atoms with Gasteiger partial charge in [0.05, 0.1) is 4.92 Å². The van der Waals surface area contributed by atoms with Crippen molar-refractivity contribution in [3.63, 3.8) is 0 Å². The summed E-state index contributed by atoms with van der Waals surface area (Å²) >= 11 is 0. The van der Waals surface area contributed by atoms with Gasteiger partial charge in [0.2, 0.25) is 5.69 Å². The Kier molecular flexibility index (Phi) is 5.67. The van der Waals surface area contributed by atoms with E-state index in [1.165, 1.54) is 18.9 Å². The third-order valence-corrected chi connectivity index (χ3v) is 3.94. The number of pyridine rings is 1. The van der Waals surface area contributed by atoms with Crippen molar-refractivity contribution < 1.29 is 4.92 Å². The minimum Gasteiger partial charge on any atom is -0.367 e. The molecule has 1 N–H and O–H groups in total. The molecule has 0 amide bonds. The van der Waals surface area contributed by atoms with Gasteiger partial charge < -0.3 is 10.2 Å². The highest BCUT2D eigenvalue weighted by Gasteiger charge is 2.20. The van der Waals surface area contributed by atoms with Gasteiger partial charge in [-0.1, -0.05) is 13.3 Å². The Bertz CT molecular complexity index is 562.